The van der Waals surface area contributed by atoms with E-state index in [1.165, 1.54) is 4.31 Å². The first-order valence-electron chi connectivity index (χ1n) is 9.78. The number of carbonyl (C=O) groups excluding carboxylic acids is 1. The summed E-state index contributed by atoms with van der Waals surface area (Å²) in [5.74, 6) is 0.463. The molecule has 0 radical (unpaired) electrons. The number of sulfonamides is 1. The summed E-state index contributed by atoms with van der Waals surface area (Å²) in [6.45, 7) is 7.82. The Morgan fingerprint density at radius 1 is 1.18 bits per heavy atom. The summed E-state index contributed by atoms with van der Waals surface area (Å²) in [5.41, 5.74) is 4.42. The van der Waals surface area contributed by atoms with E-state index in [1.54, 1.807) is 24.3 Å². The van der Waals surface area contributed by atoms with Gasteiger partial charge in [0.2, 0.25) is 15.9 Å². The van der Waals surface area contributed by atoms with Crippen LogP contribution in [0, 0.1) is 5.92 Å². The van der Waals surface area contributed by atoms with E-state index in [9.17, 15) is 13.2 Å². The first-order chi connectivity index (χ1) is 13.3. The number of carbonyl (C=O) groups is 1. The zero-order valence-corrected chi connectivity index (χ0v) is 17.8. The van der Waals surface area contributed by atoms with Crippen molar-refractivity contribution < 1.29 is 17.9 Å². The van der Waals surface area contributed by atoms with Gasteiger partial charge in [0.05, 0.1) is 18.1 Å². The number of morpholine rings is 1. The van der Waals surface area contributed by atoms with Crippen molar-refractivity contribution in [2.24, 2.45) is 11.0 Å². The zero-order valence-electron chi connectivity index (χ0n) is 17.0. The molecule has 1 N–H and O–H groups in total. The van der Waals surface area contributed by atoms with Crippen molar-refractivity contribution in [1.29, 1.82) is 0 Å². The van der Waals surface area contributed by atoms with E-state index in [2.05, 4.69) is 24.4 Å². The minimum Gasteiger partial charge on any atom is -0.379 e. The van der Waals surface area contributed by atoms with Gasteiger partial charge in [-0.2, -0.15) is 9.41 Å². The monoisotopic (exact) mass is 409 g/mol. The average Bonchev–Trinajstić information content (AvgIpc) is 2.70. The fourth-order valence-electron chi connectivity index (χ4n) is 2.79. The topological polar surface area (TPSA) is 88.1 Å². The SMILES string of the molecule is C/C(CCC(C)C)=N\NC(=O)CCc1ccc(S(=O)(=O)N2CCOCC2)cc1. The minimum atomic E-state index is -3.48. The minimum absolute atomic E-state index is 0.145. The number of aryl methyl sites for hydroxylation is 1. The fourth-order valence-corrected chi connectivity index (χ4v) is 4.20. The number of nitrogens with zero attached hydrogens (tertiary/aromatic N) is 2. The van der Waals surface area contributed by atoms with E-state index in [0.29, 0.717) is 45.1 Å². The van der Waals surface area contributed by atoms with Gasteiger partial charge in [0, 0.05) is 25.2 Å². The third-order valence-electron chi connectivity index (χ3n) is 4.63. The molecule has 0 spiro atoms. The highest BCUT2D eigenvalue weighted by molar-refractivity contribution is 7.89. The maximum absolute atomic E-state index is 12.6. The Hall–Kier alpha value is -1.77. The van der Waals surface area contributed by atoms with Crippen LogP contribution in [0.2, 0.25) is 0 Å². The second-order valence-electron chi connectivity index (χ2n) is 7.47. The molecule has 1 aliphatic rings. The summed E-state index contributed by atoms with van der Waals surface area (Å²) in [7, 11) is -3.48. The van der Waals surface area contributed by atoms with Crippen molar-refractivity contribution in [2.75, 3.05) is 26.3 Å². The number of amides is 1. The molecule has 156 valence electrons. The Balaban J connectivity index is 1.83. The Bertz CT molecular complexity index is 767. The molecule has 8 heteroatoms. The molecule has 1 saturated heterocycles. The summed E-state index contributed by atoms with van der Waals surface area (Å²) < 4.78 is 31.9. The van der Waals surface area contributed by atoms with Crippen molar-refractivity contribution in [2.45, 2.75) is 51.3 Å². The third kappa shape index (κ3) is 7.00. The molecule has 1 fully saturated rings. The van der Waals surface area contributed by atoms with Crippen molar-refractivity contribution >= 4 is 21.6 Å². The molecule has 1 aromatic rings. The first kappa shape index (κ1) is 22.5. The Morgan fingerprint density at radius 2 is 1.82 bits per heavy atom. The molecular formula is C20H31N3O4S. The van der Waals surface area contributed by atoms with Gasteiger partial charge in [0.15, 0.2) is 0 Å². The van der Waals surface area contributed by atoms with Crippen molar-refractivity contribution in [3.05, 3.63) is 29.8 Å². The molecule has 0 bridgehead atoms. The van der Waals surface area contributed by atoms with Gasteiger partial charge in [0.25, 0.3) is 0 Å². The van der Waals surface area contributed by atoms with Gasteiger partial charge in [-0.05, 0) is 49.8 Å². The lowest BCUT2D eigenvalue weighted by Gasteiger charge is -2.26. The van der Waals surface area contributed by atoms with E-state index in [1.807, 2.05) is 6.92 Å². The van der Waals surface area contributed by atoms with Gasteiger partial charge in [-0.25, -0.2) is 13.8 Å². The number of nitrogens with one attached hydrogen (secondary N) is 1. The number of ether oxygens (including phenoxy) is 1. The Kier molecular flexibility index (Phi) is 8.59. The smallest absolute Gasteiger partial charge is 0.243 e. The number of rotatable bonds is 9. The summed E-state index contributed by atoms with van der Waals surface area (Å²) in [6, 6.07) is 6.73. The number of benzene rings is 1. The predicted molar refractivity (Wildman–Crippen MR) is 110 cm³/mol. The van der Waals surface area contributed by atoms with Crippen LogP contribution in [-0.2, 0) is 26.0 Å². The average molecular weight is 410 g/mol. The van der Waals surface area contributed by atoms with Crippen LogP contribution in [-0.4, -0.2) is 50.6 Å². The van der Waals surface area contributed by atoms with Crippen LogP contribution >= 0.6 is 0 Å². The molecule has 1 heterocycles. The summed E-state index contributed by atoms with van der Waals surface area (Å²) in [6.07, 6.45) is 2.75. The molecule has 1 aromatic carbocycles. The van der Waals surface area contributed by atoms with Gasteiger partial charge in [-0.15, -0.1) is 0 Å². The molecular weight excluding hydrogens is 378 g/mol. The van der Waals surface area contributed by atoms with Crippen LogP contribution in [0.3, 0.4) is 0 Å². The number of hydrazone groups is 1. The Morgan fingerprint density at radius 3 is 2.43 bits per heavy atom. The van der Waals surface area contributed by atoms with Crippen LogP contribution in [0.25, 0.3) is 0 Å². The maximum Gasteiger partial charge on any atom is 0.243 e. The summed E-state index contributed by atoms with van der Waals surface area (Å²) in [5, 5.41) is 4.13. The molecule has 7 nitrogen and oxygen atoms in total. The van der Waals surface area contributed by atoms with Gasteiger partial charge in [-0.3, -0.25) is 4.79 Å². The molecule has 0 atom stereocenters. The second kappa shape index (κ2) is 10.7. The quantitative estimate of drug-likeness (QED) is 0.501. The van der Waals surface area contributed by atoms with Gasteiger partial charge in [-0.1, -0.05) is 26.0 Å². The largest absolute Gasteiger partial charge is 0.379 e. The normalized spacial score (nSPS) is 16.4. The highest BCUT2D eigenvalue weighted by atomic mass is 32.2. The Labute approximate surface area is 168 Å². The lowest BCUT2D eigenvalue weighted by Crippen LogP contribution is -2.40. The second-order valence-corrected chi connectivity index (χ2v) is 9.41. The van der Waals surface area contributed by atoms with E-state index in [-0.39, 0.29) is 10.8 Å². The third-order valence-corrected chi connectivity index (χ3v) is 6.54. The highest BCUT2D eigenvalue weighted by Gasteiger charge is 2.26. The van der Waals surface area contributed by atoms with Gasteiger partial charge < -0.3 is 4.74 Å². The van der Waals surface area contributed by atoms with Gasteiger partial charge >= 0.3 is 0 Å². The predicted octanol–water partition coefficient (Wildman–Crippen LogP) is 2.57. The van der Waals surface area contributed by atoms with Crippen molar-refractivity contribution in [1.82, 2.24) is 9.73 Å². The molecule has 0 saturated carbocycles. The highest BCUT2D eigenvalue weighted by Crippen LogP contribution is 2.18. The van der Waals surface area contributed by atoms with E-state index < -0.39 is 10.0 Å². The standard InChI is InChI=1S/C20H31N3O4S/c1-16(2)4-5-17(3)21-22-20(24)11-8-18-6-9-19(10-7-18)28(25,26)23-12-14-27-15-13-23/h6-7,9-10,16H,4-5,8,11-15H2,1-3H3,(H,22,24)/b21-17+. The molecule has 1 aliphatic heterocycles. The van der Waals surface area contributed by atoms with Crippen LogP contribution in [0.5, 0.6) is 0 Å². The molecule has 0 unspecified atom stereocenters. The molecule has 1 amide bonds. The first-order valence-corrected chi connectivity index (χ1v) is 11.2. The molecule has 28 heavy (non-hydrogen) atoms. The fraction of sp³-hybridized carbons (Fsp3) is 0.600. The lowest BCUT2D eigenvalue weighted by molar-refractivity contribution is -0.121. The molecule has 0 aliphatic carbocycles. The number of hydrogen-bond acceptors (Lipinski definition) is 5. The molecule has 2 rings (SSSR count). The van der Waals surface area contributed by atoms with Crippen LogP contribution in [0.1, 0.15) is 45.6 Å². The van der Waals surface area contributed by atoms with Crippen LogP contribution in [0.4, 0.5) is 0 Å². The van der Waals surface area contributed by atoms with Crippen molar-refractivity contribution in [3.63, 3.8) is 0 Å². The van der Waals surface area contributed by atoms with E-state index in [4.69, 9.17) is 4.74 Å². The van der Waals surface area contributed by atoms with E-state index in [0.717, 1.165) is 24.1 Å². The summed E-state index contributed by atoms with van der Waals surface area (Å²) in [4.78, 5) is 12.2. The van der Waals surface area contributed by atoms with Gasteiger partial charge in [0.1, 0.15) is 0 Å². The van der Waals surface area contributed by atoms with Crippen LogP contribution in [0.15, 0.2) is 34.3 Å². The lowest BCUT2D eigenvalue weighted by atomic mass is 10.1. The summed E-state index contributed by atoms with van der Waals surface area (Å²) >= 11 is 0. The maximum atomic E-state index is 12.6. The van der Waals surface area contributed by atoms with Crippen molar-refractivity contribution in [3.8, 4) is 0 Å². The zero-order chi connectivity index (χ0) is 20.6. The van der Waals surface area contributed by atoms with E-state index >= 15 is 0 Å². The number of hydrogen-bond donors (Lipinski definition) is 1. The molecule has 0 aromatic heterocycles. The van der Waals surface area contributed by atoms with Crippen LogP contribution < -0.4 is 5.43 Å².